The molecule has 38 heavy (non-hydrogen) atoms. The summed E-state index contributed by atoms with van der Waals surface area (Å²) in [6.45, 7) is 3.63. The van der Waals surface area contributed by atoms with Gasteiger partial charge in [0.1, 0.15) is 17.7 Å². The van der Waals surface area contributed by atoms with Crippen LogP contribution in [0.5, 0.6) is 0 Å². The number of fused-ring (bicyclic) bond motifs is 1. The lowest BCUT2D eigenvalue weighted by Gasteiger charge is -2.40. The van der Waals surface area contributed by atoms with Crippen molar-refractivity contribution in [1.82, 2.24) is 19.5 Å². The van der Waals surface area contributed by atoms with Gasteiger partial charge in [0, 0.05) is 30.9 Å². The molecule has 0 spiro atoms. The fourth-order valence-corrected chi connectivity index (χ4v) is 5.86. The van der Waals surface area contributed by atoms with Crippen LogP contribution in [-0.2, 0) is 13.0 Å². The standard InChI is InChI=1S/C26H30FN7O3S/c1-2-17-4-3-5-19(12-17)31-26(35)32-23-7-6-18(13-22(23)27)21-14-20(34-24(21)25(28)29-16-30-34)15-33-8-10-38(36,37)11-9-33/h3-7,12-14,16,36-37H,2,8-11,15H2,1H3,(H2,28,29,30)(H2,31,32,35). The van der Waals surface area contributed by atoms with Crippen LogP contribution in [0.1, 0.15) is 18.2 Å². The number of aryl methyl sites for hydroxylation is 1. The number of rotatable bonds is 6. The average Bonchev–Trinajstić information content (AvgIpc) is 3.26. The number of halogens is 1. The Bertz CT molecular complexity index is 1480. The van der Waals surface area contributed by atoms with E-state index in [0.717, 1.165) is 17.7 Å². The summed E-state index contributed by atoms with van der Waals surface area (Å²) >= 11 is 0. The molecule has 1 aliphatic rings. The summed E-state index contributed by atoms with van der Waals surface area (Å²) in [5, 5.41) is 9.65. The van der Waals surface area contributed by atoms with Crippen molar-refractivity contribution in [2.75, 3.05) is 41.0 Å². The predicted molar refractivity (Wildman–Crippen MR) is 149 cm³/mol. The van der Waals surface area contributed by atoms with Crippen molar-refractivity contribution in [3.8, 4) is 11.1 Å². The highest BCUT2D eigenvalue weighted by molar-refractivity contribution is 8.24. The first-order valence-corrected chi connectivity index (χ1v) is 14.1. The molecule has 1 aliphatic heterocycles. The van der Waals surface area contributed by atoms with Crippen LogP contribution in [0.15, 0.2) is 54.9 Å². The van der Waals surface area contributed by atoms with E-state index in [2.05, 4.69) is 25.6 Å². The predicted octanol–water partition coefficient (Wildman–Crippen LogP) is 4.89. The van der Waals surface area contributed by atoms with E-state index >= 15 is 4.39 Å². The number of hydrogen-bond acceptors (Lipinski definition) is 7. The molecule has 6 N–H and O–H groups in total. The van der Waals surface area contributed by atoms with Gasteiger partial charge < -0.3 is 16.4 Å². The Morgan fingerprint density at radius 3 is 2.66 bits per heavy atom. The number of nitrogen functional groups attached to an aromatic ring is 1. The van der Waals surface area contributed by atoms with E-state index in [1.54, 1.807) is 16.6 Å². The van der Waals surface area contributed by atoms with Crippen molar-refractivity contribution >= 4 is 39.3 Å². The molecule has 2 amide bonds. The summed E-state index contributed by atoms with van der Waals surface area (Å²) in [5.74, 6) is 0.317. The highest BCUT2D eigenvalue weighted by Crippen LogP contribution is 2.41. The number of hydrogen-bond donors (Lipinski definition) is 5. The van der Waals surface area contributed by atoms with Gasteiger partial charge in [-0.3, -0.25) is 14.0 Å². The number of nitrogens with one attached hydrogen (secondary N) is 2. The minimum absolute atomic E-state index is 0.0400. The summed E-state index contributed by atoms with van der Waals surface area (Å²) in [6.07, 6.45) is 2.20. The molecule has 1 fully saturated rings. The van der Waals surface area contributed by atoms with E-state index in [-0.39, 0.29) is 11.5 Å². The van der Waals surface area contributed by atoms with E-state index < -0.39 is 22.4 Å². The van der Waals surface area contributed by atoms with Crippen LogP contribution >= 0.6 is 10.6 Å². The van der Waals surface area contributed by atoms with Crippen molar-refractivity contribution in [1.29, 1.82) is 0 Å². The summed E-state index contributed by atoms with van der Waals surface area (Å²) in [7, 11) is -2.50. The molecule has 200 valence electrons. The van der Waals surface area contributed by atoms with Crippen LogP contribution in [0.4, 0.5) is 26.4 Å². The fourth-order valence-electron chi connectivity index (χ4n) is 4.56. The van der Waals surface area contributed by atoms with Crippen molar-refractivity contribution < 1.29 is 18.3 Å². The highest BCUT2D eigenvalue weighted by Gasteiger charge is 2.24. The number of carbonyl (C=O) groups excluding carboxylic acids is 1. The minimum Gasteiger partial charge on any atom is -0.382 e. The average molecular weight is 540 g/mol. The summed E-state index contributed by atoms with van der Waals surface area (Å²) < 4.78 is 36.7. The van der Waals surface area contributed by atoms with E-state index in [0.29, 0.717) is 53.5 Å². The van der Waals surface area contributed by atoms with Crippen LogP contribution in [0, 0.1) is 5.82 Å². The maximum absolute atomic E-state index is 15.1. The number of aromatic nitrogens is 3. The molecule has 2 aromatic heterocycles. The van der Waals surface area contributed by atoms with Crippen LogP contribution in [-0.4, -0.2) is 59.2 Å². The molecule has 4 aromatic rings. The van der Waals surface area contributed by atoms with Gasteiger partial charge in [0.25, 0.3) is 0 Å². The van der Waals surface area contributed by atoms with Crippen molar-refractivity contribution in [3.05, 3.63) is 71.9 Å². The summed E-state index contributed by atoms with van der Waals surface area (Å²) in [4.78, 5) is 18.7. The number of benzene rings is 2. The van der Waals surface area contributed by atoms with E-state index in [1.165, 1.54) is 18.5 Å². The number of urea groups is 1. The zero-order chi connectivity index (χ0) is 26.9. The lowest BCUT2D eigenvalue weighted by atomic mass is 10.1. The second-order valence-electron chi connectivity index (χ2n) is 9.27. The van der Waals surface area contributed by atoms with Gasteiger partial charge in [0.2, 0.25) is 0 Å². The van der Waals surface area contributed by atoms with E-state index in [1.807, 2.05) is 31.2 Å². The third-order valence-corrected chi connectivity index (χ3v) is 8.31. The highest BCUT2D eigenvalue weighted by atomic mass is 32.3. The molecule has 0 radical (unpaired) electrons. The summed E-state index contributed by atoms with van der Waals surface area (Å²) in [5.41, 5.74) is 10.5. The zero-order valence-corrected chi connectivity index (χ0v) is 21.7. The molecule has 5 rings (SSSR count). The Balaban J connectivity index is 1.37. The van der Waals surface area contributed by atoms with Gasteiger partial charge in [-0.05, 0) is 47.9 Å². The lowest BCUT2D eigenvalue weighted by Crippen LogP contribution is -2.38. The third kappa shape index (κ3) is 5.58. The number of nitrogens with zero attached hydrogens (tertiary/aromatic N) is 4. The molecule has 1 saturated heterocycles. The molecule has 10 nitrogen and oxygen atoms in total. The third-order valence-electron chi connectivity index (χ3n) is 6.63. The Hall–Kier alpha value is -3.71. The Morgan fingerprint density at radius 1 is 1.13 bits per heavy atom. The Morgan fingerprint density at radius 2 is 1.92 bits per heavy atom. The largest absolute Gasteiger partial charge is 0.382 e. The molecule has 3 heterocycles. The van der Waals surface area contributed by atoms with Gasteiger partial charge in [-0.15, -0.1) is 0 Å². The second-order valence-corrected chi connectivity index (χ2v) is 11.7. The molecule has 12 heteroatoms. The molecule has 0 aliphatic carbocycles. The van der Waals surface area contributed by atoms with Crippen molar-refractivity contribution in [2.24, 2.45) is 0 Å². The van der Waals surface area contributed by atoms with Crippen LogP contribution in [0.25, 0.3) is 16.6 Å². The monoisotopic (exact) mass is 539 g/mol. The van der Waals surface area contributed by atoms with E-state index in [9.17, 15) is 13.9 Å². The Labute approximate surface area is 221 Å². The lowest BCUT2D eigenvalue weighted by molar-refractivity contribution is 0.262. The van der Waals surface area contributed by atoms with Crippen molar-refractivity contribution in [3.63, 3.8) is 0 Å². The molecule has 2 aromatic carbocycles. The smallest absolute Gasteiger partial charge is 0.323 e. The molecule has 0 atom stereocenters. The summed E-state index contributed by atoms with van der Waals surface area (Å²) in [6, 6.07) is 13.4. The fraction of sp³-hybridized carbons (Fsp3) is 0.269. The first kappa shape index (κ1) is 25.9. The van der Waals surface area contributed by atoms with E-state index in [4.69, 9.17) is 5.73 Å². The topological polar surface area (TPSA) is 141 Å². The molecular weight excluding hydrogens is 509 g/mol. The van der Waals surface area contributed by atoms with Crippen LogP contribution in [0.3, 0.4) is 0 Å². The van der Waals surface area contributed by atoms with Gasteiger partial charge in [0.05, 0.1) is 22.9 Å². The van der Waals surface area contributed by atoms with Gasteiger partial charge in [-0.2, -0.15) is 15.7 Å². The number of nitrogens with two attached hydrogens (primary N) is 1. The van der Waals surface area contributed by atoms with Gasteiger partial charge in [-0.1, -0.05) is 25.1 Å². The molecule has 0 saturated carbocycles. The van der Waals surface area contributed by atoms with Crippen molar-refractivity contribution in [2.45, 2.75) is 19.9 Å². The molecule has 0 bridgehead atoms. The maximum Gasteiger partial charge on any atom is 0.323 e. The van der Waals surface area contributed by atoms with Gasteiger partial charge in [-0.25, -0.2) is 18.7 Å². The molecular formula is C26H30FN7O3S. The Kier molecular flexibility index (Phi) is 7.21. The van der Waals surface area contributed by atoms with Gasteiger partial charge in [0.15, 0.2) is 5.82 Å². The van der Waals surface area contributed by atoms with Gasteiger partial charge >= 0.3 is 6.03 Å². The maximum atomic E-state index is 15.1. The quantitative estimate of drug-likeness (QED) is 0.235. The number of carbonyl (C=O) groups is 1. The first-order valence-electron chi connectivity index (χ1n) is 12.3. The molecule has 0 unspecified atom stereocenters. The second kappa shape index (κ2) is 10.6. The SMILES string of the molecule is CCc1cccc(NC(=O)Nc2ccc(-c3cc(CN4CCS(O)(O)CC4)n4ncnc(N)c34)cc2F)c1. The van der Waals surface area contributed by atoms with Crippen LogP contribution in [0.2, 0.25) is 0 Å². The number of anilines is 3. The zero-order valence-electron chi connectivity index (χ0n) is 20.9. The number of amides is 2. The first-order chi connectivity index (χ1) is 18.2. The van der Waals surface area contributed by atoms with Crippen LogP contribution < -0.4 is 16.4 Å². The minimum atomic E-state index is -2.50. The normalized spacial score (nSPS) is 16.3.